The number of piperidine rings is 1. The second-order valence-corrected chi connectivity index (χ2v) is 4.87. The predicted octanol–water partition coefficient (Wildman–Crippen LogP) is 1.54. The van der Waals surface area contributed by atoms with E-state index in [2.05, 4.69) is 26.1 Å². The molecule has 2 nitrogen and oxygen atoms in total. The monoisotopic (exact) mass is 171 g/mol. The molecule has 0 saturated carbocycles. The highest BCUT2D eigenvalue weighted by molar-refractivity contribution is 4.86. The second kappa shape index (κ2) is 3.75. The molecule has 1 aliphatic heterocycles. The quantitative estimate of drug-likeness (QED) is 0.627. The summed E-state index contributed by atoms with van der Waals surface area (Å²) in [6, 6.07) is 0.318. The lowest BCUT2D eigenvalue weighted by Crippen LogP contribution is -2.48. The summed E-state index contributed by atoms with van der Waals surface area (Å²) in [5.74, 6) is 0. The van der Waals surface area contributed by atoms with Gasteiger partial charge in [0, 0.05) is 6.04 Å². The molecule has 0 bridgehead atoms. The van der Waals surface area contributed by atoms with Gasteiger partial charge in [-0.1, -0.05) is 27.2 Å². The maximum atomic E-state index is 9.95. The molecule has 12 heavy (non-hydrogen) atoms. The molecule has 0 radical (unpaired) electrons. The highest BCUT2D eigenvalue weighted by Gasteiger charge is 2.30. The summed E-state index contributed by atoms with van der Waals surface area (Å²) in [5, 5.41) is 13.3. The fourth-order valence-electron chi connectivity index (χ4n) is 1.75. The van der Waals surface area contributed by atoms with Crippen LogP contribution in [0.1, 0.15) is 40.0 Å². The van der Waals surface area contributed by atoms with Gasteiger partial charge in [0.1, 0.15) is 0 Å². The van der Waals surface area contributed by atoms with E-state index in [1.165, 1.54) is 12.8 Å². The largest absolute Gasteiger partial charge is 0.391 e. The maximum absolute atomic E-state index is 9.95. The normalized spacial score (nSPS) is 28.5. The topological polar surface area (TPSA) is 32.3 Å². The molecule has 1 heterocycles. The van der Waals surface area contributed by atoms with Crippen LogP contribution in [0.15, 0.2) is 0 Å². The first-order chi connectivity index (χ1) is 5.52. The Bertz CT molecular complexity index is 133. The van der Waals surface area contributed by atoms with E-state index in [0.717, 1.165) is 13.0 Å². The molecule has 0 spiro atoms. The maximum Gasteiger partial charge on any atom is 0.0741 e. The van der Waals surface area contributed by atoms with E-state index < -0.39 is 0 Å². The number of rotatable bonds is 1. The molecule has 1 fully saturated rings. The van der Waals surface area contributed by atoms with Crippen LogP contribution in [0.25, 0.3) is 0 Å². The molecular formula is C10H21NO. The van der Waals surface area contributed by atoms with E-state index >= 15 is 0 Å². The van der Waals surface area contributed by atoms with E-state index in [4.69, 9.17) is 0 Å². The molecule has 2 atom stereocenters. The highest BCUT2D eigenvalue weighted by Crippen LogP contribution is 2.25. The summed E-state index contributed by atoms with van der Waals surface area (Å²) in [5.41, 5.74) is 0.00894. The minimum absolute atomic E-state index is 0.00894. The van der Waals surface area contributed by atoms with Gasteiger partial charge < -0.3 is 10.4 Å². The van der Waals surface area contributed by atoms with Crippen LogP contribution in [0, 0.1) is 5.41 Å². The summed E-state index contributed by atoms with van der Waals surface area (Å²) in [7, 11) is 0. The van der Waals surface area contributed by atoms with Gasteiger partial charge in [-0.3, -0.25) is 0 Å². The first-order valence-electron chi connectivity index (χ1n) is 4.93. The molecule has 1 saturated heterocycles. The molecule has 0 aliphatic carbocycles. The van der Waals surface area contributed by atoms with E-state index in [0.29, 0.717) is 6.04 Å². The van der Waals surface area contributed by atoms with Gasteiger partial charge in [0.15, 0.2) is 0 Å². The molecule has 0 aromatic heterocycles. The summed E-state index contributed by atoms with van der Waals surface area (Å²) in [6.07, 6.45) is 3.43. The van der Waals surface area contributed by atoms with E-state index in [9.17, 15) is 5.11 Å². The van der Waals surface area contributed by atoms with Crippen LogP contribution in [-0.2, 0) is 0 Å². The van der Waals surface area contributed by atoms with Gasteiger partial charge in [0.05, 0.1) is 6.10 Å². The number of aliphatic hydroxyl groups is 1. The summed E-state index contributed by atoms with van der Waals surface area (Å²) >= 11 is 0. The Morgan fingerprint density at radius 2 is 2.00 bits per heavy atom. The van der Waals surface area contributed by atoms with Crippen molar-refractivity contribution in [3.8, 4) is 0 Å². The summed E-state index contributed by atoms with van der Waals surface area (Å²) in [4.78, 5) is 0. The number of nitrogens with one attached hydrogen (secondary N) is 1. The number of hydrogen-bond acceptors (Lipinski definition) is 2. The fraction of sp³-hybridized carbons (Fsp3) is 1.00. The lowest BCUT2D eigenvalue weighted by molar-refractivity contribution is 0.0209. The smallest absolute Gasteiger partial charge is 0.0741 e. The van der Waals surface area contributed by atoms with Crippen LogP contribution < -0.4 is 5.32 Å². The van der Waals surface area contributed by atoms with Crippen LogP contribution in [0.4, 0.5) is 0 Å². The second-order valence-electron chi connectivity index (χ2n) is 4.87. The van der Waals surface area contributed by atoms with Crippen molar-refractivity contribution < 1.29 is 5.11 Å². The van der Waals surface area contributed by atoms with Crippen LogP contribution in [-0.4, -0.2) is 23.8 Å². The molecule has 1 unspecified atom stereocenters. The van der Waals surface area contributed by atoms with E-state index in [-0.39, 0.29) is 11.5 Å². The Kier molecular flexibility index (Phi) is 3.13. The molecule has 2 heteroatoms. The fourth-order valence-corrected chi connectivity index (χ4v) is 1.75. The van der Waals surface area contributed by atoms with Gasteiger partial charge in [-0.25, -0.2) is 0 Å². The molecule has 72 valence electrons. The molecule has 0 aromatic rings. The Labute approximate surface area is 75.4 Å². The molecule has 2 N–H and O–H groups in total. The average molecular weight is 171 g/mol. The van der Waals surface area contributed by atoms with Crippen LogP contribution in [0.2, 0.25) is 0 Å². The van der Waals surface area contributed by atoms with Crippen molar-refractivity contribution in [2.24, 2.45) is 5.41 Å². The third-order valence-electron chi connectivity index (χ3n) is 2.62. The van der Waals surface area contributed by atoms with E-state index in [1.807, 2.05) is 0 Å². The molecular weight excluding hydrogens is 150 g/mol. The summed E-state index contributed by atoms with van der Waals surface area (Å²) < 4.78 is 0. The van der Waals surface area contributed by atoms with Crippen molar-refractivity contribution in [1.29, 1.82) is 0 Å². The van der Waals surface area contributed by atoms with Crippen LogP contribution in [0.3, 0.4) is 0 Å². The van der Waals surface area contributed by atoms with Crippen molar-refractivity contribution in [1.82, 2.24) is 5.32 Å². The number of hydrogen-bond donors (Lipinski definition) is 2. The highest BCUT2D eigenvalue weighted by atomic mass is 16.3. The predicted molar refractivity (Wildman–Crippen MR) is 51.1 cm³/mol. The van der Waals surface area contributed by atoms with Crippen molar-refractivity contribution in [2.75, 3.05) is 6.54 Å². The van der Waals surface area contributed by atoms with Crippen LogP contribution >= 0.6 is 0 Å². The van der Waals surface area contributed by atoms with Gasteiger partial charge in [0.25, 0.3) is 0 Å². The standard InChI is InChI=1S/C10H21NO/c1-10(2,3)9(12)8-6-4-5-7-11-8/h8-9,11-12H,4-7H2,1-3H3/t8?,9-/m0/s1. The van der Waals surface area contributed by atoms with Crippen molar-refractivity contribution in [3.63, 3.8) is 0 Å². The van der Waals surface area contributed by atoms with Crippen molar-refractivity contribution >= 4 is 0 Å². The van der Waals surface area contributed by atoms with Crippen molar-refractivity contribution in [3.05, 3.63) is 0 Å². The SMILES string of the molecule is CC(C)(C)[C@@H](O)C1CCCCN1. The first-order valence-corrected chi connectivity index (χ1v) is 4.93. The van der Waals surface area contributed by atoms with Gasteiger partial charge >= 0.3 is 0 Å². The zero-order valence-electron chi connectivity index (χ0n) is 8.43. The lowest BCUT2D eigenvalue weighted by Gasteiger charge is -2.35. The van der Waals surface area contributed by atoms with Gasteiger partial charge in [-0.05, 0) is 24.8 Å². The Morgan fingerprint density at radius 1 is 1.33 bits per heavy atom. The third-order valence-corrected chi connectivity index (χ3v) is 2.62. The Balaban J connectivity index is 2.45. The third kappa shape index (κ3) is 2.46. The molecule has 1 rings (SSSR count). The Hall–Kier alpha value is -0.0800. The first kappa shape index (κ1) is 10.0. The number of aliphatic hydroxyl groups excluding tert-OH is 1. The minimum atomic E-state index is -0.210. The zero-order chi connectivity index (χ0) is 9.19. The van der Waals surface area contributed by atoms with E-state index in [1.54, 1.807) is 0 Å². The van der Waals surface area contributed by atoms with Gasteiger partial charge in [0.2, 0.25) is 0 Å². The van der Waals surface area contributed by atoms with Gasteiger partial charge in [-0.15, -0.1) is 0 Å². The molecule has 1 aliphatic rings. The lowest BCUT2D eigenvalue weighted by atomic mass is 9.82. The van der Waals surface area contributed by atoms with Crippen LogP contribution in [0.5, 0.6) is 0 Å². The average Bonchev–Trinajstić information content (AvgIpc) is 2.03. The zero-order valence-corrected chi connectivity index (χ0v) is 8.43. The Morgan fingerprint density at radius 3 is 2.42 bits per heavy atom. The minimum Gasteiger partial charge on any atom is -0.391 e. The molecule has 0 amide bonds. The molecule has 0 aromatic carbocycles. The summed E-state index contributed by atoms with van der Waals surface area (Å²) in [6.45, 7) is 7.34. The van der Waals surface area contributed by atoms with Gasteiger partial charge in [-0.2, -0.15) is 0 Å². The van der Waals surface area contributed by atoms with Crippen molar-refractivity contribution in [2.45, 2.75) is 52.2 Å².